The van der Waals surface area contributed by atoms with E-state index in [9.17, 15) is 0 Å². The number of hydrogen-bond donors (Lipinski definition) is 0. The fourth-order valence-electron chi connectivity index (χ4n) is 5.13. The highest BCUT2D eigenvalue weighted by atomic mass is 16.5. The maximum atomic E-state index is 5.90. The third-order valence-electron chi connectivity index (χ3n) is 7.47. The SMILES string of the molecule is COc1ccc2c(OCCN3C=CC=CC3)nccc2c1.COc1ccc2c(OCCN3CCCCC3)nccc2c1. The summed E-state index contributed by atoms with van der Waals surface area (Å²) in [6, 6.07) is 15.8. The number of ether oxygens (including phenoxy) is 4. The maximum Gasteiger partial charge on any atom is 0.221 e. The minimum atomic E-state index is 0.607. The first-order chi connectivity index (χ1) is 20.7. The summed E-state index contributed by atoms with van der Waals surface area (Å²) in [7, 11) is 3.35. The number of allylic oxidation sites excluding steroid dienone is 2. The standard InChI is InChI=1S/C17H22N2O2.C17H18N2O2/c2*1-20-15-5-6-16-14(13-15)7-8-18-17(16)21-12-11-19-9-3-2-4-10-19/h5-8,13H,2-4,9-12H2,1H3;2-9,13H,10-12H2,1H3. The molecular formula is C34H40N4O4. The molecular weight excluding hydrogens is 528 g/mol. The van der Waals surface area contributed by atoms with Crippen LogP contribution in [0.15, 0.2) is 85.4 Å². The number of piperidine rings is 1. The lowest BCUT2D eigenvalue weighted by Crippen LogP contribution is -2.33. The number of nitrogens with zero attached hydrogens (tertiary/aromatic N) is 4. The van der Waals surface area contributed by atoms with E-state index in [1.807, 2.05) is 54.6 Å². The first-order valence-corrected chi connectivity index (χ1v) is 14.6. The lowest BCUT2D eigenvalue weighted by Gasteiger charge is -2.26. The lowest BCUT2D eigenvalue weighted by atomic mass is 10.1. The molecule has 1 saturated heterocycles. The van der Waals surface area contributed by atoms with E-state index in [1.165, 1.54) is 32.4 Å². The van der Waals surface area contributed by atoms with Gasteiger partial charge >= 0.3 is 0 Å². The minimum Gasteiger partial charge on any atom is -0.497 e. The molecule has 8 nitrogen and oxygen atoms in total. The number of likely N-dealkylation sites (tertiary alicyclic amines) is 1. The first kappa shape index (κ1) is 29.2. The van der Waals surface area contributed by atoms with Gasteiger partial charge in [-0.25, -0.2) is 9.97 Å². The number of methoxy groups -OCH3 is 2. The molecule has 0 amide bonds. The molecule has 0 radical (unpaired) electrons. The Balaban J connectivity index is 0.000000168. The summed E-state index contributed by atoms with van der Waals surface area (Å²) in [6.07, 6.45) is 15.8. The van der Waals surface area contributed by atoms with E-state index in [0.29, 0.717) is 25.0 Å². The van der Waals surface area contributed by atoms with Crippen molar-refractivity contribution in [2.24, 2.45) is 0 Å². The average Bonchev–Trinajstić information content (AvgIpc) is 3.05. The van der Waals surface area contributed by atoms with E-state index in [4.69, 9.17) is 18.9 Å². The number of rotatable bonds is 10. The minimum absolute atomic E-state index is 0.607. The van der Waals surface area contributed by atoms with Gasteiger partial charge in [0.1, 0.15) is 24.7 Å². The van der Waals surface area contributed by atoms with Crippen LogP contribution in [-0.2, 0) is 0 Å². The Morgan fingerprint density at radius 3 is 1.83 bits per heavy atom. The molecule has 2 aromatic carbocycles. The molecule has 0 atom stereocenters. The highest BCUT2D eigenvalue weighted by Crippen LogP contribution is 2.28. The molecule has 0 N–H and O–H groups in total. The van der Waals surface area contributed by atoms with Gasteiger partial charge in [0.15, 0.2) is 0 Å². The molecule has 0 saturated carbocycles. The van der Waals surface area contributed by atoms with Crippen LogP contribution in [0, 0.1) is 0 Å². The zero-order chi connectivity index (χ0) is 29.0. The van der Waals surface area contributed by atoms with Crippen LogP contribution in [0.1, 0.15) is 19.3 Å². The van der Waals surface area contributed by atoms with Crippen molar-refractivity contribution >= 4 is 21.5 Å². The van der Waals surface area contributed by atoms with Gasteiger partial charge in [-0.3, -0.25) is 4.90 Å². The number of fused-ring (bicyclic) bond motifs is 2. The predicted octanol–water partition coefficient (Wildman–Crippen LogP) is 6.12. The fourth-order valence-corrected chi connectivity index (χ4v) is 5.13. The van der Waals surface area contributed by atoms with Crippen LogP contribution in [0.3, 0.4) is 0 Å². The number of hydrogen-bond acceptors (Lipinski definition) is 8. The summed E-state index contributed by atoms with van der Waals surface area (Å²) in [4.78, 5) is 13.4. The normalized spacial score (nSPS) is 14.9. The molecule has 0 unspecified atom stereocenters. The second kappa shape index (κ2) is 15.1. The first-order valence-electron chi connectivity index (χ1n) is 14.6. The van der Waals surface area contributed by atoms with Crippen molar-refractivity contribution < 1.29 is 18.9 Å². The highest BCUT2D eigenvalue weighted by molar-refractivity contribution is 5.88. The van der Waals surface area contributed by atoms with Gasteiger partial charge < -0.3 is 23.8 Å². The Labute approximate surface area is 248 Å². The number of benzene rings is 2. The molecule has 4 heterocycles. The van der Waals surface area contributed by atoms with Gasteiger partial charge in [-0.15, -0.1) is 0 Å². The molecule has 2 aromatic heterocycles. The third-order valence-corrected chi connectivity index (χ3v) is 7.47. The Morgan fingerprint density at radius 1 is 0.690 bits per heavy atom. The van der Waals surface area contributed by atoms with Crippen molar-refractivity contribution in [2.75, 3.05) is 60.2 Å². The average molecular weight is 569 g/mol. The number of pyridine rings is 2. The monoisotopic (exact) mass is 568 g/mol. The van der Waals surface area contributed by atoms with Gasteiger partial charge in [-0.2, -0.15) is 0 Å². The maximum absolute atomic E-state index is 5.90. The number of aromatic nitrogens is 2. The Kier molecular flexibility index (Phi) is 10.5. The Bertz CT molecular complexity index is 1500. The van der Waals surface area contributed by atoms with E-state index in [-0.39, 0.29) is 0 Å². The molecule has 1 fully saturated rings. The van der Waals surface area contributed by atoms with Crippen molar-refractivity contribution in [3.05, 3.63) is 85.4 Å². The molecule has 0 aliphatic carbocycles. The predicted molar refractivity (Wildman–Crippen MR) is 168 cm³/mol. The smallest absolute Gasteiger partial charge is 0.221 e. The second-order valence-electron chi connectivity index (χ2n) is 10.3. The summed E-state index contributed by atoms with van der Waals surface area (Å²) >= 11 is 0. The van der Waals surface area contributed by atoms with Crippen molar-refractivity contribution in [3.63, 3.8) is 0 Å². The van der Waals surface area contributed by atoms with E-state index >= 15 is 0 Å². The zero-order valence-electron chi connectivity index (χ0n) is 24.6. The Morgan fingerprint density at radius 2 is 1.29 bits per heavy atom. The summed E-state index contributed by atoms with van der Waals surface area (Å²) in [6.45, 7) is 6.45. The van der Waals surface area contributed by atoms with Gasteiger partial charge in [0, 0.05) is 36.3 Å². The molecule has 42 heavy (non-hydrogen) atoms. The van der Waals surface area contributed by atoms with Gasteiger partial charge in [0.05, 0.1) is 20.8 Å². The largest absolute Gasteiger partial charge is 0.497 e. The molecule has 2 aliphatic heterocycles. The van der Waals surface area contributed by atoms with Crippen LogP contribution in [0.25, 0.3) is 21.5 Å². The lowest BCUT2D eigenvalue weighted by molar-refractivity contribution is 0.181. The third kappa shape index (κ3) is 7.91. The van der Waals surface area contributed by atoms with E-state index in [0.717, 1.165) is 52.7 Å². The van der Waals surface area contributed by atoms with Crippen molar-refractivity contribution in [3.8, 4) is 23.3 Å². The van der Waals surface area contributed by atoms with Crippen molar-refractivity contribution in [1.82, 2.24) is 19.8 Å². The zero-order valence-corrected chi connectivity index (χ0v) is 24.6. The van der Waals surface area contributed by atoms with Gasteiger partial charge in [0.2, 0.25) is 11.8 Å². The molecule has 220 valence electrons. The van der Waals surface area contributed by atoms with Gasteiger partial charge in [0.25, 0.3) is 0 Å². The highest BCUT2D eigenvalue weighted by Gasteiger charge is 2.11. The topological polar surface area (TPSA) is 69.2 Å². The van der Waals surface area contributed by atoms with Crippen molar-refractivity contribution in [2.45, 2.75) is 19.3 Å². The van der Waals surface area contributed by atoms with E-state index in [2.05, 4.69) is 38.1 Å². The second-order valence-corrected chi connectivity index (χ2v) is 10.3. The summed E-state index contributed by atoms with van der Waals surface area (Å²) in [5.41, 5.74) is 0. The molecule has 0 bridgehead atoms. The van der Waals surface area contributed by atoms with Crippen LogP contribution in [0.4, 0.5) is 0 Å². The van der Waals surface area contributed by atoms with Crippen LogP contribution in [0.2, 0.25) is 0 Å². The summed E-state index contributed by atoms with van der Waals surface area (Å²) in [5, 5.41) is 4.21. The molecule has 2 aliphatic rings. The fraction of sp³-hybridized carbons (Fsp3) is 0.353. The Hall–Kier alpha value is -4.30. The molecule has 4 aromatic rings. The van der Waals surface area contributed by atoms with Gasteiger partial charge in [-0.05, 0) is 97.5 Å². The van der Waals surface area contributed by atoms with E-state index in [1.54, 1.807) is 26.6 Å². The molecule has 0 spiro atoms. The van der Waals surface area contributed by atoms with E-state index < -0.39 is 0 Å². The molecule has 6 rings (SSSR count). The van der Waals surface area contributed by atoms with Crippen molar-refractivity contribution in [1.29, 1.82) is 0 Å². The van der Waals surface area contributed by atoms with Crippen LogP contribution in [-0.4, -0.2) is 79.9 Å². The summed E-state index contributed by atoms with van der Waals surface area (Å²) < 4.78 is 22.2. The molecule has 8 heteroatoms. The van der Waals surface area contributed by atoms with Crippen LogP contribution >= 0.6 is 0 Å². The van der Waals surface area contributed by atoms with Gasteiger partial charge in [-0.1, -0.05) is 18.6 Å². The van der Waals surface area contributed by atoms with Crippen LogP contribution in [0.5, 0.6) is 23.3 Å². The quantitative estimate of drug-likeness (QED) is 0.227. The van der Waals surface area contributed by atoms with Crippen LogP contribution < -0.4 is 18.9 Å². The summed E-state index contributed by atoms with van der Waals surface area (Å²) in [5.74, 6) is 3.08.